The molecule has 1 saturated carbocycles. The summed E-state index contributed by atoms with van der Waals surface area (Å²) in [6.45, 7) is 0.593. The molecule has 15 heavy (non-hydrogen) atoms. The van der Waals surface area contributed by atoms with Gasteiger partial charge in [0.25, 0.3) is 0 Å². The molecule has 0 aromatic carbocycles. The molecule has 82 valence electrons. The van der Waals surface area contributed by atoms with Gasteiger partial charge in [-0.3, -0.25) is 14.8 Å². The lowest BCUT2D eigenvalue weighted by Gasteiger charge is -2.11. The van der Waals surface area contributed by atoms with E-state index in [2.05, 4.69) is 5.10 Å². The highest BCUT2D eigenvalue weighted by Gasteiger charge is 2.43. The standard InChI is InChI=1S/C9H14N4O2/c1-12-7(4-9(6-10)2-3-9)8(5-11-12)13(14)15/h5H,2-4,6,10H2,1H3. The molecule has 1 aromatic rings. The van der Waals surface area contributed by atoms with E-state index in [4.69, 9.17) is 5.73 Å². The van der Waals surface area contributed by atoms with Crippen LogP contribution < -0.4 is 5.73 Å². The summed E-state index contributed by atoms with van der Waals surface area (Å²) in [4.78, 5) is 10.4. The molecule has 0 spiro atoms. The summed E-state index contributed by atoms with van der Waals surface area (Å²) in [6, 6.07) is 0. The maximum Gasteiger partial charge on any atom is 0.310 e. The average molecular weight is 210 g/mol. The van der Waals surface area contributed by atoms with Gasteiger partial charge < -0.3 is 5.73 Å². The van der Waals surface area contributed by atoms with Crippen molar-refractivity contribution in [3.63, 3.8) is 0 Å². The highest BCUT2D eigenvalue weighted by Crippen LogP contribution is 2.48. The summed E-state index contributed by atoms with van der Waals surface area (Å²) in [7, 11) is 1.73. The van der Waals surface area contributed by atoms with Crippen LogP contribution in [0.15, 0.2) is 6.20 Å². The number of hydrogen-bond donors (Lipinski definition) is 1. The quantitative estimate of drug-likeness (QED) is 0.582. The Hall–Kier alpha value is -1.43. The highest BCUT2D eigenvalue weighted by atomic mass is 16.6. The maximum atomic E-state index is 10.8. The summed E-state index contributed by atoms with van der Waals surface area (Å²) in [5.74, 6) is 0. The molecule has 0 atom stereocenters. The Balaban J connectivity index is 2.27. The minimum Gasteiger partial charge on any atom is -0.330 e. The van der Waals surface area contributed by atoms with Gasteiger partial charge in [-0.2, -0.15) is 5.10 Å². The number of aromatic nitrogens is 2. The van der Waals surface area contributed by atoms with Crippen LogP contribution in [0.2, 0.25) is 0 Å². The van der Waals surface area contributed by atoms with Crippen molar-refractivity contribution >= 4 is 5.69 Å². The fourth-order valence-corrected chi connectivity index (χ4v) is 1.79. The number of aryl methyl sites for hydroxylation is 1. The van der Waals surface area contributed by atoms with E-state index in [0.29, 0.717) is 18.7 Å². The molecule has 6 heteroatoms. The van der Waals surface area contributed by atoms with Crippen LogP contribution in [-0.2, 0) is 13.5 Å². The van der Waals surface area contributed by atoms with Gasteiger partial charge in [0.1, 0.15) is 11.9 Å². The van der Waals surface area contributed by atoms with Crippen LogP contribution in [0, 0.1) is 15.5 Å². The van der Waals surface area contributed by atoms with Gasteiger partial charge >= 0.3 is 5.69 Å². The predicted octanol–water partition coefficient (Wildman–Crippen LogP) is 0.610. The van der Waals surface area contributed by atoms with Crippen LogP contribution in [0.25, 0.3) is 0 Å². The Morgan fingerprint density at radius 2 is 2.40 bits per heavy atom. The number of nitrogens with zero attached hydrogens (tertiary/aromatic N) is 3. The molecular weight excluding hydrogens is 196 g/mol. The van der Waals surface area contributed by atoms with Crippen molar-refractivity contribution < 1.29 is 4.92 Å². The summed E-state index contributed by atoms with van der Waals surface area (Å²) in [5.41, 5.74) is 6.55. The van der Waals surface area contributed by atoms with Crippen LogP contribution in [-0.4, -0.2) is 21.2 Å². The van der Waals surface area contributed by atoms with E-state index in [-0.39, 0.29) is 16.0 Å². The molecule has 1 aliphatic carbocycles. The molecule has 1 heterocycles. The van der Waals surface area contributed by atoms with Crippen molar-refractivity contribution in [2.45, 2.75) is 19.3 Å². The molecule has 2 rings (SSSR count). The normalized spacial score (nSPS) is 17.7. The minimum atomic E-state index is -0.380. The van der Waals surface area contributed by atoms with Crippen LogP contribution in [0.4, 0.5) is 5.69 Å². The first-order valence-electron chi connectivity index (χ1n) is 4.93. The molecule has 1 aliphatic rings. The van der Waals surface area contributed by atoms with Crippen LogP contribution in [0.3, 0.4) is 0 Å². The molecule has 0 bridgehead atoms. The van der Waals surface area contributed by atoms with Crippen molar-refractivity contribution in [2.75, 3.05) is 6.54 Å². The molecule has 0 aliphatic heterocycles. The lowest BCUT2D eigenvalue weighted by Crippen LogP contribution is -2.20. The van der Waals surface area contributed by atoms with Gasteiger partial charge in [-0.15, -0.1) is 0 Å². The fraction of sp³-hybridized carbons (Fsp3) is 0.667. The Kier molecular flexibility index (Phi) is 2.22. The van der Waals surface area contributed by atoms with E-state index in [1.165, 1.54) is 6.20 Å². The SMILES string of the molecule is Cn1ncc([N+](=O)[O-])c1CC1(CN)CC1. The van der Waals surface area contributed by atoms with E-state index < -0.39 is 0 Å². The lowest BCUT2D eigenvalue weighted by atomic mass is 10.00. The van der Waals surface area contributed by atoms with Crippen molar-refractivity contribution in [1.29, 1.82) is 0 Å². The van der Waals surface area contributed by atoms with E-state index in [1.807, 2.05) is 0 Å². The van der Waals surface area contributed by atoms with E-state index in [1.54, 1.807) is 11.7 Å². The zero-order valence-corrected chi connectivity index (χ0v) is 8.64. The number of rotatable bonds is 4. The number of hydrogen-bond acceptors (Lipinski definition) is 4. The highest BCUT2D eigenvalue weighted by molar-refractivity contribution is 5.34. The van der Waals surface area contributed by atoms with Gasteiger partial charge in [-0.25, -0.2) is 0 Å². The first kappa shape index (κ1) is 10.1. The third-order valence-corrected chi connectivity index (χ3v) is 3.17. The monoisotopic (exact) mass is 210 g/mol. The second-order valence-electron chi connectivity index (χ2n) is 4.24. The zero-order valence-electron chi connectivity index (χ0n) is 8.64. The molecule has 1 aromatic heterocycles. The van der Waals surface area contributed by atoms with Crippen LogP contribution in [0.1, 0.15) is 18.5 Å². The molecule has 0 saturated heterocycles. The predicted molar refractivity (Wildman–Crippen MR) is 54.3 cm³/mol. The van der Waals surface area contributed by atoms with Gasteiger partial charge in [-0.05, 0) is 24.8 Å². The molecule has 0 radical (unpaired) electrons. The Bertz CT molecular complexity index is 395. The van der Waals surface area contributed by atoms with Crippen LogP contribution >= 0.6 is 0 Å². The Morgan fingerprint density at radius 1 is 1.73 bits per heavy atom. The smallest absolute Gasteiger partial charge is 0.310 e. The molecule has 6 nitrogen and oxygen atoms in total. The zero-order chi connectivity index (χ0) is 11.1. The molecule has 0 unspecified atom stereocenters. The molecule has 2 N–H and O–H groups in total. The second-order valence-corrected chi connectivity index (χ2v) is 4.24. The third kappa shape index (κ3) is 1.72. The second kappa shape index (κ2) is 3.30. The third-order valence-electron chi connectivity index (χ3n) is 3.17. The minimum absolute atomic E-state index is 0.0958. The van der Waals surface area contributed by atoms with Crippen molar-refractivity contribution in [1.82, 2.24) is 9.78 Å². The van der Waals surface area contributed by atoms with Gasteiger partial charge in [-0.1, -0.05) is 0 Å². The van der Waals surface area contributed by atoms with Gasteiger partial charge in [0, 0.05) is 13.5 Å². The van der Waals surface area contributed by atoms with Gasteiger partial charge in [0.05, 0.1) is 4.92 Å². The first-order valence-corrected chi connectivity index (χ1v) is 4.93. The number of nitro groups is 1. The lowest BCUT2D eigenvalue weighted by molar-refractivity contribution is -0.385. The van der Waals surface area contributed by atoms with Gasteiger partial charge in [0.2, 0.25) is 0 Å². The van der Waals surface area contributed by atoms with E-state index in [9.17, 15) is 10.1 Å². The fourth-order valence-electron chi connectivity index (χ4n) is 1.79. The van der Waals surface area contributed by atoms with Gasteiger partial charge in [0.15, 0.2) is 0 Å². The molecule has 1 fully saturated rings. The van der Waals surface area contributed by atoms with E-state index >= 15 is 0 Å². The average Bonchev–Trinajstić information content (AvgIpc) is 2.87. The summed E-state index contributed by atoms with van der Waals surface area (Å²) < 4.78 is 1.58. The largest absolute Gasteiger partial charge is 0.330 e. The van der Waals surface area contributed by atoms with Crippen molar-refractivity contribution in [3.05, 3.63) is 22.0 Å². The summed E-state index contributed by atoms with van der Waals surface area (Å²) in [5, 5.41) is 14.7. The molecular formula is C9H14N4O2. The number of nitrogens with two attached hydrogens (primary N) is 1. The topological polar surface area (TPSA) is 87.0 Å². The Morgan fingerprint density at radius 3 is 2.87 bits per heavy atom. The first-order chi connectivity index (χ1) is 7.08. The van der Waals surface area contributed by atoms with Crippen molar-refractivity contribution in [2.24, 2.45) is 18.2 Å². The Labute approximate surface area is 87.2 Å². The summed E-state index contributed by atoms with van der Waals surface area (Å²) in [6.07, 6.45) is 4.09. The van der Waals surface area contributed by atoms with E-state index in [0.717, 1.165) is 12.8 Å². The van der Waals surface area contributed by atoms with Crippen LogP contribution in [0.5, 0.6) is 0 Å². The van der Waals surface area contributed by atoms with Crippen molar-refractivity contribution in [3.8, 4) is 0 Å². The molecule has 0 amide bonds. The summed E-state index contributed by atoms with van der Waals surface area (Å²) >= 11 is 0. The maximum absolute atomic E-state index is 10.8.